The summed E-state index contributed by atoms with van der Waals surface area (Å²) in [6, 6.07) is 62.7. The van der Waals surface area contributed by atoms with Gasteiger partial charge < -0.3 is 19.7 Å². The summed E-state index contributed by atoms with van der Waals surface area (Å²) in [6.45, 7) is 10.0. The number of hydrogen-bond acceptors (Lipinski definition) is 4. The number of phenols is 2. The molecule has 4 nitrogen and oxygen atoms in total. The van der Waals surface area contributed by atoms with E-state index in [1.165, 1.54) is 55.6 Å². The van der Waals surface area contributed by atoms with Gasteiger partial charge in [0.05, 0.1) is 13.2 Å². The number of rotatable bonds is 9. The van der Waals surface area contributed by atoms with Crippen LogP contribution in [0.25, 0.3) is 33.0 Å². The van der Waals surface area contributed by atoms with Crippen LogP contribution in [0, 0.1) is 0 Å². The van der Waals surface area contributed by atoms with E-state index in [1.54, 1.807) is 30.3 Å². The highest BCUT2D eigenvalue weighted by molar-refractivity contribution is 5.89. The molecule has 8 aromatic rings. The summed E-state index contributed by atoms with van der Waals surface area (Å²) in [5.74, 6) is 2.19. The minimum absolute atomic E-state index is 0.170. The molecule has 0 amide bonds. The van der Waals surface area contributed by atoms with Gasteiger partial charge in [0.2, 0.25) is 0 Å². The van der Waals surface area contributed by atoms with Crippen molar-refractivity contribution >= 4 is 10.8 Å². The Labute approximate surface area is 354 Å². The Morgan fingerprint density at radius 3 is 1.20 bits per heavy atom. The molecule has 0 radical (unpaired) electrons. The number of ether oxygens (including phenoxy) is 2. The highest BCUT2D eigenvalue weighted by atomic mass is 16.5. The first-order chi connectivity index (χ1) is 29.4. The quantitative estimate of drug-likeness (QED) is 0.143. The molecule has 0 fully saturated rings. The lowest BCUT2D eigenvalue weighted by Gasteiger charge is -2.28. The van der Waals surface area contributed by atoms with Crippen LogP contribution in [0.5, 0.6) is 23.0 Å². The third-order valence-corrected chi connectivity index (χ3v) is 12.2. The van der Waals surface area contributed by atoms with Crippen LogP contribution in [0.1, 0.15) is 73.9 Å². The molecule has 0 saturated carbocycles. The summed E-state index contributed by atoms with van der Waals surface area (Å²) in [6.07, 6.45) is 1.87. The van der Waals surface area contributed by atoms with Crippen LogP contribution >= 0.6 is 0 Å². The van der Waals surface area contributed by atoms with Crippen molar-refractivity contribution in [3.63, 3.8) is 0 Å². The van der Waals surface area contributed by atoms with Crippen molar-refractivity contribution in [3.8, 4) is 45.3 Å². The van der Waals surface area contributed by atoms with Crippen molar-refractivity contribution in [2.75, 3.05) is 13.2 Å². The van der Waals surface area contributed by atoms with Gasteiger partial charge in [-0.3, -0.25) is 0 Å². The van der Waals surface area contributed by atoms with Gasteiger partial charge in [0.1, 0.15) is 23.0 Å². The number of aromatic hydroxyl groups is 2. The molecule has 4 heteroatoms. The summed E-state index contributed by atoms with van der Waals surface area (Å²) in [5.41, 5.74) is 13.0. The maximum atomic E-state index is 9.38. The summed E-state index contributed by atoms with van der Waals surface area (Å²) in [7, 11) is 0. The van der Waals surface area contributed by atoms with Gasteiger partial charge in [-0.15, -0.1) is 0 Å². The number of fused-ring (bicyclic) bond motifs is 7. The van der Waals surface area contributed by atoms with Crippen LogP contribution in [0.4, 0.5) is 0 Å². The van der Waals surface area contributed by atoms with Crippen molar-refractivity contribution in [3.05, 3.63) is 215 Å². The van der Waals surface area contributed by atoms with E-state index < -0.39 is 0 Å². The van der Waals surface area contributed by atoms with Crippen LogP contribution in [-0.2, 0) is 10.8 Å². The van der Waals surface area contributed by atoms with E-state index >= 15 is 0 Å². The zero-order chi connectivity index (χ0) is 41.7. The molecule has 0 heterocycles. The van der Waals surface area contributed by atoms with Crippen molar-refractivity contribution in [2.45, 2.75) is 51.4 Å². The monoisotopic (exact) mass is 788 g/mol. The van der Waals surface area contributed by atoms with Crippen molar-refractivity contribution in [1.82, 2.24) is 0 Å². The minimum Gasteiger partial charge on any atom is -0.508 e. The van der Waals surface area contributed by atoms with Crippen molar-refractivity contribution in [1.29, 1.82) is 0 Å². The molecule has 10 rings (SSSR count). The molecule has 0 spiro atoms. The van der Waals surface area contributed by atoms with Crippen LogP contribution in [0.3, 0.4) is 0 Å². The Morgan fingerprint density at radius 2 is 0.800 bits per heavy atom. The SMILES string of the molecule is CC.CC1(c2ccc(OCCCCOc3ccc(C4(C)c5ccccc5-c5ccccc54)cc3)cc2)c2ccccc2-c2ccccc21.Oc1ccc2cccc(O)c2c1. The van der Waals surface area contributed by atoms with Gasteiger partial charge in [0, 0.05) is 16.2 Å². The summed E-state index contributed by atoms with van der Waals surface area (Å²) in [4.78, 5) is 0. The first kappa shape index (κ1) is 40.0. The number of benzene rings is 8. The van der Waals surface area contributed by atoms with Crippen LogP contribution in [0.2, 0.25) is 0 Å². The zero-order valence-corrected chi connectivity index (χ0v) is 34.9. The molecule has 2 aliphatic carbocycles. The van der Waals surface area contributed by atoms with Gasteiger partial charge in [-0.05, 0) is 130 Å². The lowest BCUT2D eigenvalue weighted by Crippen LogP contribution is -2.22. The highest BCUT2D eigenvalue weighted by Gasteiger charge is 2.41. The Balaban J connectivity index is 0.000000303. The second-order valence-corrected chi connectivity index (χ2v) is 15.6. The predicted molar refractivity (Wildman–Crippen MR) is 247 cm³/mol. The second kappa shape index (κ2) is 17.2. The molecular weight excluding hydrogens is 737 g/mol. The topological polar surface area (TPSA) is 58.9 Å². The van der Waals surface area contributed by atoms with Gasteiger partial charge in [-0.2, -0.15) is 0 Å². The fraction of sp³-hybridized carbons (Fsp3) is 0.179. The van der Waals surface area contributed by atoms with Crippen molar-refractivity contribution in [2.24, 2.45) is 0 Å². The maximum Gasteiger partial charge on any atom is 0.123 e. The van der Waals surface area contributed by atoms with Crippen molar-refractivity contribution < 1.29 is 19.7 Å². The van der Waals surface area contributed by atoms with Gasteiger partial charge in [-0.1, -0.05) is 153 Å². The zero-order valence-electron chi connectivity index (χ0n) is 34.9. The number of unbranched alkanes of at least 4 members (excludes halogenated alkanes) is 1. The number of hydrogen-bond donors (Lipinski definition) is 2. The Kier molecular flexibility index (Phi) is 11.5. The van der Waals surface area contributed by atoms with Crippen LogP contribution < -0.4 is 9.47 Å². The molecule has 0 unspecified atom stereocenters. The number of phenolic OH excluding ortho intramolecular Hbond substituents is 2. The molecule has 0 bridgehead atoms. The summed E-state index contributed by atoms with van der Waals surface area (Å²) < 4.78 is 12.3. The minimum atomic E-state index is -0.176. The maximum absolute atomic E-state index is 9.38. The fourth-order valence-corrected chi connectivity index (χ4v) is 9.13. The third-order valence-electron chi connectivity index (χ3n) is 12.2. The second-order valence-electron chi connectivity index (χ2n) is 15.6. The molecule has 60 heavy (non-hydrogen) atoms. The van der Waals surface area contributed by atoms with E-state index in [0.29, 0.717) is 18.6 Å². The predicted octanol–water partition coefficient (Wildman–Crippen LogP) is 13.9. The Bertz CT molecular complexity index is 2490. The smallest absolute Gasteiger partial charge is 0.123 e. The molecule has 0 atom stereocenters. The van der Waals surface area contributed by atoms with Gasteiger partial charge in [-0.25, -0.2) is 0 Å². The Hall–Kier alpha value is -6.78. The average Bonchev–Trinajstić information content (AvgIpc) is 3.73. The van der Waals surface area contributed by atoms with Crippen LogP contribution in [0.15, 0.2) is 182 Å². The molecule has 0 saturated heterocycles. The van der Waals surface area contributed by atoms with E-state index in [0.717, 1.165) is 29.7 Å². The average molecular weight is 789 g/mol. The first-order valence-electron chi connectivity index (χ1n) is 21.1. The molecule has 0 aromatic heterocycles. The fourth-order valence-electron chi connectivity index (χ4n) is 9.13. The standard InChI is InChI=1S/C44H38O2.C10H8O2.C2H6/c1-43(39-17-7-3-13-35(39)36-14-4-8-18-40(36)43)31-21-25-33(26-22-31)45-29-11-12-30-46-34-27-23-32(24-28-34)44(2)41-19-9-5-15-37(41)38-16-6-10-20-42(38)44;11-8-5-4-7-2-1-3-10(12)9(7)6-8;1-2/h3-10,13-28H,11-12,29-30H2,1-2H3;1-6,11-12H;1-2H3. The lowest BCUT2D eigenvalue weighted by molar-refractivity contribution is 0.266. The molecule has 8 aromatic carbocycles. The first-order valence-corrected chi connectivity index (χ1v) is 21.1. The molecular formula is C56H52O4. The lowest BCUT2D eigenvalue weighted by atomic mass is 9.74. The molecule has 300 valence electrons. The molecule has 2 N–H and O–H groups in total. The Morgan fingerprint density at radius 1 is 0.417 bits per heavy atom. The van der Waals surface area contributed by atoms with E-state index in [1.807, 2.05) is 19.9 Å². The van der Waals surface area contributed by atoms with Crippen LogP contribution in [-0.4, -0.2) is 23.4 Å². The van der Waals surface area contributed by atoms with E-state index in [2.05, 4.69) is 159 Å². The summed E-state index contributed by atoms with van der Waals surface area (Å²) in [5, 5.41) is 20.1. The normalized spacial score (nSPS) is 13.3. The molecule has 0 aliphatic heterocycles. The third kappa shape index (κ3) is 7.28. The van der Waals surface area contributed by atoms with E-state index in [-0.39, 0.29) is 22.3 Å². The van der Waals surface area contributed by atoms with E-state index in [4.69, 9.17) is 14.6 Å². The van der Waals surface area contributed by atoms with Gasteiger partial charge in [0.25, 0.3) is 0 Å². The largest absolute Gasteiger partial charge is 0.508 e. The molecule has 2 aliphatic rings. The van der Waals surface area contributed by atoms with E-state index in [9.17, 15) is 5.11 Å². The van der Waals surface area contributed by atoms with Gasteiger partial charge >= 0.3 is 0 Å². The van der Waals surface area contributed by atoms with Gasteiger partial charge in [0.15, 0.2) is 0 Å². The highest BCUT2D eigenvalue weighted by Crippen LogP contribution is 2.53. The summed E-state index contributed by atoms with van der Waals surface area (Å²) >= 11 is 0.